The van der Waals surface area contributed by atoms with E-state index >= 15 is 0 Å². The lowest BCUT2D eigenvalue weighted by Crippen LogP contribution is -2.35. The van der Waals surface area contributed by atoms with Crippen LogP contribution in [0.4, 0.5) is 0 Å². The second-order valence-corrected chi connectivity index (χ2v) is 9.69. The van der Waals surface area contributed by atoms with Crippen molar-refractivity contribution in [2.24, 2.45) is 0 Å². The molecule has 0 aliphatic carbocycles. The number of sulfone groups is 1. The van der Waals surface area contributed by atoms with E-state index < -0.39 is 21.9 Å². The maximum Gasteiger partial charge on any atom is 0.316 e. The Morgan fingerprint density at radius 1 is 1.32 bits per heavy atom. The van der Waals surface area contributed by atoms with Crippen LogP contribution in [0.15, 0.2) is 24.3 Å². The highest BCUT2D eigenvalue weighted by Gasteiger charge is 2.29. The quantitative estimate of drug-likeness (QED) is 0.715. The first-order valence-electron chi connectivity index (χ1n) is 8.10. The lowest BCUT2D eigenvalue weighted by Gasteiger charge is -2.14. The van der Waals surface area contributed by atoms with Crippen LogP contribution in [-0.2, 0) is 30.7 Å². The summed E-state index contributed by atoms with van der Waals surface area (Å²) in [6, 6.07) is 7.79. The van der Waals surface area contributed by atoms with Crippen LogP contribution in [0.2, 0.25) is 0 Å². The summed E-state index contributed by atoms with van der Waals surface area (Å²) in [6.07, 6.45) is -0.321. The molecule has 0 aromatic heterocycles. The van der Waals surface area contributed by atoms with Gasteiger partial charge in [0.2, 0.25) is 0 Å². The highest BCUT2D eigenvalue weighted by molar-refractivity contribution is 8.02. The smallest absolute Gasteiger partial charge is 0.316 e. The third-order valence-corrected chi connectivity index (χ3v) is 7.15. The Bertz CT molecular complexity index is 715. The summed E-state index contributed by atoms with van der Waals surface area (Å²) in [6.45, 7) is 3.88. The molecule has 1 amide bonds. The fourth-order valence-corrected chi connectivity index (χ4v) is 5.83. The summed E-state index contributed by atoms with van der Waals surface area (Å²) >= 11 is 1.27. The molecule has 1 aliphatic heterocycles. The molecule has 1 heterocycles. The van der Waals surface area contributed by atoms with Gasteiger partial charge in [-0.05, 0) is 25.8 Å². The Hall–Kier alpha value is -1.54. The fraction of sp³-hybridized carbons (Fsp3) is 0.529. The number of esters is 1. The molecule has 1 saturated heterocycles. The van der Waals surface area contributed by atoms with Crippen molar-refractivity contribution < 1.29 is 22.7 Å². The number of amides is 1. The van der Waals surface area contributed by atoms with E-state index in [1.165, 1.54) is 18.7 Å². The number of hydrogen-bond donors (Lipinski definition) is 1. The van der Waals surface area contributed by atoms with E-state index in [0.29, 0.717) is 13.0 Å². The molecule has 1 aliphatic rings. The van der Waals surface area contributed by atoms with Gasteiger partial charge >= 0.3 is 5.97 Å². The molecule has 0 unspecified atom stereocenters. The van der Waals surface area contributed by atoms with Crippen LogP contribution in [0.3, 0.4) is 0 Å². The normalized spacial score (nSPS) is 20.0. The highest BCUT2D eigenvalue weighted by Crippen LogP contribution is 2.24. The van der Waals surface area contributed by atoms with Crippen molar-refractivity contribution >= 4 is 33.5 Å². The van der Waals surface area contributed by atoms with E-state index in [1.54, 1.807) is 0 Å². The molecule has 2 rings (SSSR count). The maximum absolute atomic E-state index is 12.0. The van der Waals surface area contributed by atoms with Crippen LogP contribution in [-0.4, -0.2) is 48.9 Å². The molecule has 0 radical (unpaired) electrons. The van der Waals surface area contributed by atoms with Gasteiger partial charge in [0, 0.05) is 11.8 Å². The molecule has 1 fully saturated rings. The third-order valence-electron chi connectivity index (χ3n) is 3.89. The van der Waals surface area contributed by atoms with Gasteiger partial charge < -0.3 is 10.1 Å². The van der Waals surface area contributed by atoms with Gasteiger partial charge in [0.1, 0.15) is 0 Å². The molecule has 1 aromatic carbocycles. The standard InChI is InChI=1S/C17H23NO5S2/c1-12-3-5-14(6-4-12)9-18-17(20)13(2)23-16(19)10-24-15-7-8-25(21,22)11-15/h3-6,13,15H,7-11H2,1-2H3,(H,18,20)/t13-,15+/m1/s1. The first-order valence-corrected chi connectivity index (χ1v) is 11.0. The van der Waals surface area contributed by atoms with Crippen molar-refractivity contribution in [2.45, 2.75) is 38.2 Å². The summed E-state index contributed by atoms with van der Waals surface area (Å²) < 4.78 is 27.9. The monoisotopic (exact) mass is 385 g/mol. The Morgan fingerprint density at radius 3 is 2.60 bits per heavy atom. The van der Waals surface area contributed by atoms with E-state index in [9.17, 15) is 18.0 Å². The molecule has 8 heteroatoms. The highest BCUT2D eigenvalue weighted by atomic mass is 32.2. The lowest BCUT2D eigenvalue weighted by atomic mass is 10.1. The first-order chi connectivity index (χ1) is 11.7. The summed E-state index contributed by atoms with van der Waals surface area (Å²) in [5.74, 6) is -0.528. The number of aryl methyl sites for hydroxylation is 1. The van der Waals surface area contributed by atoms with Gasteiger partial charge in [-0.15, -0.1) is 11.8 Å². The van der Waals surface area contributed by atoms with E-state index in [1.807, 2.05) is 31.2 Å². The van der Waals surface area contributed by atoms with Gasteiger partial charge in [0.15, 0.2) is 15.9 Å². The molecule has 1 N–H and O–H groups in total. The van der Waals surface area contributed by atoms with E-state index in [-0.39, 0.29) is 28.4 Å². The number of carbonyl (C=O) groups is 2. The Labute approximate surface area is 152 Å². The predicted molar refractivity (Wildman–Crippen MR) is 98.1 cm³/mol. The van der Waals surface area contributed by atoms with E-state index in [4.69, 9.17) is 4.74 Å². The summed E-state index contributed by atoms with van der Waals surface area (Å²) in [5, 5.41) is 2.66. The average molecular weight is 386 g/mol. The fourth-order valence-electron chi connectivity index (χ4n) is 2.40. The molecule has 0 bridgehead atoms. The Kier molecular flexibility index (Phi) is 6.89. The number of carbonyl (C=O) groups excluding carboxylic acids is 2. The Balaban J connectivity index is 1.69. The second-order valence-electron chi connectivity index (χ2n) is 6.17. The number of thioether (sulfide) groups is 1. The minimum Gasteiger partial charge on any atom is -0.452 e. The van der Waals surface area contributed by atoms with Crippen LogP contribution in [0.1, 0.15) is 24.5 Å². The van der Waals surface area contributed by atoms with Crippen LogP contribution in [0.25, 0.3) is 0 Å². The summed E-state index contributed by atoms with van der Waals surface area (Å²) in [5.41, 5.74) is 2.11. The summed E-state index contributed by atoms with van der Waals surface area (Å²) in [7, 11) is -2.95. The average Bonchev–Trinajstić information content (AvgIpc) is 2.91. The van der Waals surface area contributed by atoms with Crippen molar-refractivity contribution in [3.8, 4) is 0 Å². The topological polar surface area (TPSA) is 89.5 Å². The second kappa shape index (κ2) is 8.71. The van der Waals surface area contributed by atoms with Gasteiger partial charge in [-0.1, -0.05) is 29.8 Å². The van der Waals surface area contributed by atoms with Crippen molar-refractivity contribution in [3.63, 3.8) is 0 Å². The minimum atomic E-state index is -2.95. The van der Waals surface area contributed by atoms with E-state index in [2.05, 4.69) is 5.32 Å². The van der Waals surface area contributed by atoms with Crippen LogP contribution >= 0.6 is 11.8 Å². The molecule has 25 heavy (non-hydrogen) atoms. The van der Waals surface area contributed by atoms with Crippen LogP contribution < -0.4 is 5.32 Å². The van der Waals surface area contributed by atoms with E-state index in [0.717, 1.165) is 11.1 Å². The molecule has 6 nitrogen and oxygen atoms in total. The van der Waals surface area contributed by atoms with Gasteiger partial charge in [0.05, 0.1) is 17.3 Å². The van der Waals surface area contributed by atoms with Gasteiger partial charge in [0.25, 0.3) is 5.91 Å². The molecular weight excluding hydrogens is 362 g/mol. The molecular formula is C17H23NO5S2. The van der Waals surface area contributed by atoms with Gasteiger partial charge in [-0.3, -0.25) is 9.59 Å². The molecule has 138 valence electrons. The summed E-state index contributed by atoms with van der Waals surface area (Å²) in [4.78, 5) is 23.8. The zero-order valence-corrected chi connectivity index (χ0v) is 16.0. The molecule has 0 saturated carbocycles. The third kappa shape index (κ3) is 6.70. The number of rotatable bonds is 7. The largest absolute Gasteiger partial charge is 0.452 e. The zero-order valence-electron chi connectivity index (χ0n) is 14.4. The predicted octanol–water partition coefficient (Wildman–Crippen LogP) is 1.46. The first kappa shape index (κ1) is 19.8. The maximum atomic E-state index is 12.0. The number of ether oxygens (including phenoxy) is 1. The van der Waals surface area contributed by atoms with Crippen molar-refractivity contribution in [2.75, 3.05) is 17.3 Å². The Morgan fingerprint density at radius 2 is 2.00 bits per heavy atom. The van der Waals surface area contributed by atoms with Gasteiger partial charge in [-0.25, -0.2) is 8.42 Å². The van der Waals surface area contributed by atoms with Crippen molar-refractivity contribution in [1.82, 2.24) is 5.32 Å². The number of hydrogen-bond acceptors (Lipinski definition) is 6. The number of benzene rings is 1. The molecule has 2 atom stereocenters. The minimum absolute atomic E-state index is 0.0514. The molecule has 1 aromatic rings. The number of nitrogens with one attached hydrogen (secondary N) is 1. The van der Waals surface area contributed by atoms with Crippen LogP contribution in [0, 0.1) is 6.92 Å². The van der Waals surface area contributed by atoms with Crippen molar-refractivity contribution in [1.29, 1.82) is 0 Å². The SMILES string of the molecule is Cc1ccc(CNC(=O)[C@@H](C)OC(=O)CS[C@H]2CCS(=O)(=O)C2)cc1. The zero-order chi connectivity index (χ0) is 18.4. The lowest BCUT2D eigenvalue weighted by molar-refractivity contribution is -0.152. The van der Waals surface area contributed by atoms with Crippen molar-refractivity contribution in [3.05, 3.63) is 35.4 Å². The van der Waals surface area contributed by atoms with Crippen LogP contribution in [0.5, 0.6) is 0 Å². The molecule has 0 spiro atoms. The van der Waals surface area contributed by atoms with Gasteiger partial charge in [-0.2, -0.15) is 0 Å².